The number of nitrogens with one attached hydrogen (secondary N) is 1. The van der Waals surface area contributed by atoms with Crippen molar-refractivity contribution in [3.63, 3.8) is 0 Å². The van der Waals surface area contributed by atoms with Gasteiger partial charge in [0, 0.05) is 25.6 Å². The number of likely N-dealkylation sites (tertiary alicyclic amines) is 1. The van der Waals surface area contributed by atoms with Gasteiger partial charge in [0.25, 0.3) is 0 Å². The molecule has 96 valence electrons. The predicted octanol–water partition coefficient (Wildman–Crippen LogP) is 0.215. The van der Waals surface area contributed by atoms with Gasteiger partial charge in [0.05, 0.1) is 11.5 Å². The Kier molecular flexibility index (Phi) is 2.67. The molecular formula is C13H22N2O2. The highest BCUT2D eigenvalue weighted by Crippen LogP contribution is 2.40. The summed E-state index contributed by atoms with van der Waals surface area (Å²) in [5, 5.41) is 13.2. The van der Waals surface area contributed by atoms with Crippen LogP contribution in [0, 0.1) is 17.3 Å². The second-order valence-electron chi connectivity index (χ2n) is 6.27. The van der Waals surface area contributed by atoms with E-state index in [-0.39, 0.29) is 11.5 Å². The number of fused-ring (bicyclic) bond motifs is 1. The third-order valence-corrected chi connectivity index (χ3v) is 4.99. The molecule has 2 heterocycles. The zero-order valence-electron chi connectivity index (χ0n) is 10.5. The number of hydrogen-bond acceptors (Lipinski definition) is 3. The summed E-state index contributed by atoms with van der Waals surface area (Å²) in [6.07, 6.45) is 2.79. The number of nitrogens with zero attached hydrogens (tertiary/aromatic N) is 1. The Morgan fingerprint density at radius 2 is 2.24 bits per heavy atom. The molecule has 3 aliphatic rings. The van der Waals surface area contributed by atoms with Gasteiger partial charge in [-0.05, 0) is 38.6 Å². The van der Waals surface area contributed by atoms with Crippen molar-refractivity contribution < 1.29 is 9.90 Å². The molecule has 2 N–H and O–H groups in total. The number of amides is 1. The number of hydrogen-bond donors (Lipinski definition) is 2. The SMILES string of the molecule is CC1(C(=O)N2CC3CCC(O)C3C2)CCNC1. The van der Waals surface area contributed by atoms with Crippen LogP contribution in [-0.2, 0) is 4.79 Å². The van der Waals surface area contributed by atoms with Crippen molar-refractivity contribution >= 4 is 5.91 Å². The first-order valence-electron chi connectivity index (χ1n) is 6.78. The third kappa shape index (κ3) is 1.78. The van der Waals surface area contributed by atoms with Gasteiger partial charge in [0.15, 0.2) is 0 Å². The van der Waals surface area contributed by atoms with Crippen molar-refractivity contribution in [2.24, 2.45) is 17.3 Å². The summed E-state index contributed by atoms with van der Waals surface area (Å²) < 4.78 is 0. The van der Waals surface area contributed by atoms with Crippen LogP contribution in [-0.4, -0.2) is 48.2 Å². The Balaban J connectivity index is 1.69. The minimum atomic E-state index is -0.205. The highest BCUT2D eigenvalue weighted by molar-refractivity contribution is 5.83. The average Bonchev–Trinajstić information content (AvgIpc) is 2.97. The molecule has 4 atom stereocenters. The summed E-state index contributed by atoms with van der Waals surface area (Å²) >= 11 is 0. The predicted molar refractivity (Wildman–Crippen MR) is 64.4 cm³/mol. The van der Waals surface area contributed by atoms with Crippen LogP contribution in [0.3, 0.4) is 0 Å². The highest BCUT2D eigenvalue weighted by atomic mass is 16.3. The van der Waals surface area contributed by atoms with Crippen LogP contribution >= 0.6 is 0 Å². The first-order valence-corrected chi connectivity index (χ1v) is 6.78. The van der Waals surface area contributed by atoms with E-state index in [0.29, 0.717) is 17.7 Å². The van der Waals surface area contributed by atoms with Crippen LogP contribution in [0.15, 0.2) is 0 Å². The molecule has 0 aromatic carbocycles. The van der Waals surface area contributed by atoms with Crippen LogP contribution in [0.2, 0.25) is 0 Å². The Bertz CT molecular complexity index is 325. The number of carbonyl (C=O) groups excluding carboxylic acids is 1. The van der Waals surface area contributed by atoms with Crippen LogP contribution in [0.25, 0.3) is 0 Å². The van der Waals surface area contributed by atoms with E-state index in [1.807, 2.05) is 4.90 Å². The molecule has 0 spiro atoms. The smallest absolute Gasteiger partial charge is 0.229 e. The maximum atomic E-state index is 12.5. The Hall–Kier alpha value is -0.610. The lowest BCUT2D eigenvalue weighted by atomic mass is 9.88. The van der Waals surface area contributed by atoms with E-state index in [9.17, 15) is 9.90 Å². The summed E-state index contributed by atoms with van der Waals surface area (Å²) in [6, 6.07) is 0. The van der Waals surface area contributed by atoms with Crippen molar-refractivity contribution in [2.75, 3.05) is 26.2 Å². The third-order valence-electron chi connectivity index (χ3n) is 4.99. The van der Waals surface area contributed by atoms with E-state index in [0.717, 1.165) is 45.4 Å². The van der Waals surface area contributed by atoms with Crippen LogP contribution in [0.5, 0.6) is 0 Å². The van der Waals surface area contributed by atoms with E-state index >= 15 is 0 Å². The minimum Gasteiger partial charge on any atom is -0.393 e. The molecule has 3 rings (SSSR count). The van der Waals surface area contributed by atoms with Gasteiger partial charge in [-0.1, -0.05) is 0 Å². The summed E-state index contributed by atoms with van der Waals surface area (Å²) in [5.74, 6) is 1.19. The quantitative estimate of drug-likeness (QED) is 0.687. The molecule has 4 heteroatoms. The highest BCUT2D eigenvalue weighted by Gasteiger charge is 2.47. The molecule has 4 unspecified atom stereocenters. The lowest BCUT2D eigenvalue weighted by molar-refractivity contribution is -0.139. The number of carbonyl (C=O) groups is 1. The summed E-state index contributed by atoms with van der Waals surface area (Å²) in [5.41, 5.74) is -0.205. The van der Waals surface area contributed by atoms with Gasteiger partial charge in [-0.2, -0.15) is 0 Å². The molecule has 2 saturated heterocycles. The first-order chi connectivity index (χ1) is 8.10. The van der Waals surface area contributed by atoms with Gasteiger partial charge < -0.3 is 15.3 Å². The molecule has 4 nitrogen and oxygen atoms in total. The monoisotopic (exact) mass is 238 g/mol. The number of aliphatic hydroxyl groups is 1. The van der Waals surface area contributed by atoms with Crippen LogP contribution in [0.1, 0.15) is 26.2 Å². The molecule has 0 aromatic rings. The second kappa shape index (κ2) is 3.95. The van der Waals surface area contributed by atoms with Crippen LogP contribution < -0.4 is 5.32 Å². The summed E-state index contributed by atoms with van der Waals surface area (Å²) in [6.45, 7) is 5.47. The van der Waals surface area contributed by atoms with E-state index in [2.05, 4.69) is 12.2 Å². The minimum absolute atomic E-state index is 0.174. The Morgan fingerprint density at radius 1 is 1.41 bits per heavy atom. The lowest BCUT2D eigenvalue weighted by Crippen LogP contribution is -2.43. The molecule has 0 bridgehead atoms. The van der Waals surface area contributed by atoms with Gasteiger partial charge in [0.2, 0.25) is 5.91 Å². The molecule has 17 heavy (non-hydrogen) atoms. The van der Waals surface area contributed by atoms with Crippen molar-refractivity contribution in [3.05, 3.63) is 0 Å². The van der Waals surface area contributed by atoms with Gasteiger partial charge in [-0.3, -0.25) is 4.79 Å². The zero-order chi connectivity index (χ0) is 12.0. The molecule has 2 aliphatic heterocycles. The standard InChI is InChI=1S/C13H22N2O2/c1-13(4-5-14-8-13)12(17)15-6-9-2-3-11(16)10(9)7-15/h9-11,14,16H,2-8H2,1H3. The normalized spacial score (nSPS) is 45.3. The van der Waals surface area contributed by atoms with Crippen LogP contribution in [0.4, 0.5) is 0 Å². The largest absolute Gasteiger partial charge is 0.393 e. The maximum Gasteiger partial charge on any atom is 0.229 e. The molecule has 1 amide bonds. The number of rotatable bonds is 1. The summed E-state index contributed by atoms with van der Waals surface area (Å²) in [7, 11) is 0. The number of aliphatic hydroxyl groups excluding tert-OH is 1. The fourth-order valence-corrected chi connectivity index (χ4v) is 3.78. The van der Waals surface area contributed by atoms with E-state index in [1.165, 1.54) is 0 Å². The molecule has 0 aromatic heterocycles. The van der Waals surface area contributed by atoms with Gasteiger partial charge in [0.1, 0.15) is 0 Å². The van der Waals surface area contributed by atoms with Gasteiger partial charge >= 0.3 is 0 Å². The first kappa shape index (κ1) is 11.5. The fourth-order valence-electron chi connectivity index (χ4n) is 3.78. The second-order valence-corrected chi connectivity index (χ2v) is 6.27. The Morgan fingerprint density at radius 3 is 2.88 bits per heavy atom. The molecule has 3 fully saturated rings. The zero-order valence-corrected chi connectivity index (χ0v) is 10.5. The maximum absolute atomic E-state index is 12.5. The van der Waals surface area contributed by atoms with E-state index in [1.54, 1.807) is 0 Å². The molecular weight excluding hydrogens is 216 g/mol. The molecule has 1 aliphatic carbocycles. The van der Waals surface area contributed by atoms with E-state index in [4.69, 9.17) is 0 Å². The summed E-state index contributed by atoms with van der Waals surface area (Å²) in [4.78, 5) is 14.5. The molecule has 1 saturated carbocycles. The van der Waals surface area contributed by atoms with Gasteiger partial charge in [-0.25, -0.2) is 0 Å². The van der Waals surface area contributed by atoms with Crippen molar-refractivity contribution in [2.45, 2.75) is 32.3 Å². The van der Waals surface area contributed by atoms with Gasteiger partial charge in [-0.15, -0.1) is 0 Å². The van der Waals surface area contributed by atoms with Crippen molar-refractivity contribution in [1.82, 2.24) is 10.2 Å². The van der Waals surface area contributed by atoms with Crippen molar-refractivity contribution in [1.29, 1.82) is 0 Å². The van der Waals surface area contributed by atoms with E-state index < -0.39 is 0 Å². The average molecular weight is 238 g/mol. The lowest BCUT2D eigenvalue weighted by Gasteiger charge is -2.29. The Labute approximate surface area is 102 Å². The fraction of sp³-hybridized carbons (Fsp3) is 0.923. The topological polar surface area (TPSA) is 52.6 Å². The van der Waals surface area contributed by atoms with Crippen molar-refractivity contribution in [3.8, 4) is 0 Å². The molecule has 0 radical (unpaired) electrons.